The number of fused-ring (bicyclic) bond motifs is 2. The monoisotopic (exact) mass is 816 g/mol. The highest BCUT2D eigenvalue weighted by Gasteiger charge is 2.39. The average Bonchev–Trinajstić information content (AvgIpc) is 3.89. The predicted molar refractivity (Wildman–Crippen MR) is 218 cm³/mol. The molecule has 6 atom stereocenters. The van der Waals surface area contributed by atoms with Crippen molar-refractivity contribution in [2.45, 2.75) is 90.1 Å². The van der Waals surface area contributed by atoms with Crippen molar-refractivity contribution in [3.05, 3.63) is 65.4 Å². The molecule has 8 N–H and O–H groups in total. The van der Waals surface area contributed by atoms with Gasteiger partial charge in [-0.25, -0.2) is 0 Å². The summed E-state index contributed by atoms with van der Waals surface area (Å²) in [5.41, 5.74) is 2.62. The fourth-order valence-corrected chi connectivity index (χ4v) is 7.43. The number of nitrogens with one attached hydrogen (secondary N) is 7. The van der Waals surface area contributed by atoms with Crippen molar-refractivity contribution in [1.82, 2.24) is 41.8 Å². The van der Waals surface area contributed by atoms with Crippen molar-refractivity contribution in [2.75, 3.05) is 33.3 Å². The first kappa shape index (κ1) is 44.1. The third-order valence-electron chi connectivity index (χ3n) is 10.9. The molecule has 2 aliphatic rings. The molecule has 2 unspecified atom stereocenters. The molecule has 0 bridgehead atoms. The van der Waals surface area contributed by atoms with E-state index in [1.165, 1.54) is 12.0 Å². The number of aromatic amines is 1. The van der Waals surface area contributed by atoms with Crippen LogP contribution in [-0.4, -0.2) is 114 Å². The van der Waals surface area contributed by atoms with Crippen LogP contribution in [0, 0.1) is 11.8 Å². The minimum atomic E-state index is -1.64. The number of carbonyl (C=O) groups excluding carboxylic acids is 7. The van der Waals surface area contributed by atoms with Crippen LogP contribution in [0.4, 0.5) is 0 Å². The highest BCUT2D eigenvalue weighted by molar-refractivity contribution is 5.97. The Labute approximate surface area is 343 Å². The number of aliphatic hydroxyl groups is 1. The molecular weight excluding hydrogens is 761 g/mol. The van der Waals surface area contributed by atoms with Crippen molar-refractivity contribution in [2.24, 2.45) is 11.8 Å². The Hall–Kier alpha value is -5.97. The minimum Gasteiger partial charge on any atom is -0.496 e. The number of aromatic nitrogens is 1. The van der Waals surface area contributed by atoms with Gasteiger partial charge in [0.05, 0.1) is 26.7 Å². The van der Waals surface area contributed by atoms with Gasteiger partial charge in [0.15, 0.2) is 0 Å². The van der Waals surface area contributed by atoms with Crippen LogP contribution in [0.2, 0.25) is 0 Å². The molecule has 318 valence electrons. The molecule has 17 heteroatoms. The van der Waals surface area contributed by atoms with Gasteiger partial charge in [-0.2, -0.15) is 0 Å². The summed E-state index contributed by atoms with van der Waals surface area (Å²) in [6.45, 7) is 5.98. The van der Waals surface area contributed by atoms with Gasteiger partial charge in [0.2, 0.25) is 41.4 Å². The number of amides is 7. The summed E-state index contributed by atoms with van der Waals surface area (Å²) < 4.78 is 5.54. The quantitative estimate of drug-likeness (QED) is 0.150. The molecule has 0 aliphatic carbocycles. The number of hydrogen-bond donors (Lipinski definition) is 8. The molecule has 3 aromatic rings. The molecule has 2 saturated heterocycles. The molecule has 2 fully saturated rings. The summed E-state index contributed by atoms with van der Waals surface area (Å²) in [6, 6.07) is 7.55. The molecule has 7 amide bonds. The summed E-state index contributed by atoms with van der Waals surface area (Å²) >= 11 is 0. The molecule has 1 aromatic heterocycles. The van der Waals surface area contributed by atoms with Gasteiger partial charge in [-0.1, -0.05) is 58.4 Å². The zero-order valence-electron chi connectivity index (χ0n) is 34.2. The van der Waals surface area contributed by atoms with E-state index in [4.69, 9.17) is 4.74 Å². The molecule has 2 aliphatic heterocycles. The van der Waals surface area contributed by atoms with E-state index >= 15 is 0 Å². The zero-order chi connectivity index (χ0) is 42.8. The molecule has 2 aromatic carbocycles. The number of carbonyl (C=O) groups is 7. The number of aliphatic hydroxyl groups excluding tert-OH is 1. The van der Waals surface area contributed by atoms with Gasteiger partial charge in [-0.15, -0.1) is 0 Å². The summed E-state index contributed by atoms with van der Waals surface area (Å²) in [6.07, 6.45) is 2.48. The maximum atomic E-state index is 14.3. The maximum Gasteiger partial charge on any atom is 0.246 e. The largest absolute Gasteiger partial charge is 0.496 e. The summed E-state index contributed by atoms with van der Waals surface area (Å²) in [5.74, 6) is -4.54. The van der Waals surface area contributed by atoms with Crippen molar-refractivity contribution in [3.63, 3.8) is 0 Å². The third-order valence-corrected chi connectivity index (χ3v) is 10.9. The van der Waals surface area contributed by atoms with E-state index in [1.807, 2.05) is 24.3 Å². The van der Waals surface area contributed by atoms with Gasteiger partial charge in [0, 0.05) is 30.1 Å². The number of nitrogens with zero attached hydrogens (tertiary/aromatic N) is 1. The van der Waals surface area contributed by atoms with Gasteiger partial charge in [0.25, 0.3) is 0 Å². The SMILES string of the molecule is CCC(C)Cc1cc(C(O)[C@@H]2NC(=O)CNC(=O)[C@H](C(C)C)NC(=O)CNC(=O)[C@@H]3CCCN3C(=O)[C@H](Cc3c[nH]c4ccccc34)NC(=O)CNC2=O)ccc1OC. The van der Waals surface area contributed by atoms with E-state index in [0.717, 1.165) is 28.5 Å². The van der Waals surface area contributed by atoms with Gasteiger partial charge < -0.3 is 51.6 Å². The topological polar surface area (TPSA) is 240 Å². The van der Waals surface area contributed by atoms with E-state index < -0.39 is 97.2 Å². The van der Waals surface area contributed by atoms with E-state index in [-0.39, 0.29) is 18.9 Å². The van der Waals surface area contributed by atoms with Crippen molar-refractivity contribution < 1.29 is 43.4 Å². The Kier molecular flexibility index (Phi) is 15.1. The lowest BCUT2D eigenvalue weighted by molar-refractivity contribution is -0.141. The molecule has 0 radical (unpaired) electrons. The molecule has 5 rings (SSSR count). The molecule has 17 nitrogen and oxygen atoms in total. The second-order valence-corrected chi connectivity index (χ2v) is 15.6. The number of benzene rings is 2. The Morgan fingerprint density at radius 2 is 1.42 bits per heavy atom. The van der Waals surface area contributed by atoms with Gasteiger partial charge in [-0.05, 0) is 66.0 Å². The molecular formula is C42H56N8O9. The molecule has 59 heavy (non-hydrogen) atoms. The van der Waals surface area contributed by atoms with Crippen LogP contribution in [0.25, 0.3) is 10.9 Å². The van der Waals surface area contributed by atoms with Crippen LogP contribution in [0.1, 0.15) is 69.8 Å². The number of ether oxygens (including phenoxy) is 1. The van der Waals surface area contributed by atoms with Crippen molar-refractivity contribution in [1.29, 1.82) is 0 Å². The highest BCUT2D eigenvalue weighted by atomic mass is 16.5. The van der Waals surface area contributed by atoms with Crippen molar-refractivity contribution in [3.8, 4) is 5.75 Å². The molecule has 0 saturated carbocycles. The standard InChI is InChI=1S/C42H56N8O9/c1-6-24(4)16-26-17-25(13-14-32(26)59-5)38(54)37-41(57)46-20-33(51)47-30(18-27-19-43-29-11-8-7-10-28(27)29)42(58)50-15-9-12-31(50)39(55)44-21-34(52)48-36(23(2)3)40(56)45-22-35(53)49-37/h7-8,10-11,13-14,17,19,23-24,30-31,36-38,43,54H,6,9,12,15-16,18,20-22H2,1-5H3,(H,44,55)(H,45,56)(H,46,57)(H,47,51)(H,48,52)(H,49,53)/t24?,30-,31-,36-,37-,38?/m0/s1. The Morgan fingerprint density at radius 1 is 0.797 bits per heavy atom. The van der Waals surface area contributed by atoms with Crippen molar-refractivity contribution >= 4 is 52.3 Å². The lowest BCUT2D eigenvalue weighted by Crippen LogP contribution is -2.56. The first-order valence-electron chi connectivity index (χ1n) is 20.1. The van der Waals surface area contributed by atoms with Crippen LogP contribution in [0.3, 0.4) is 0 Å². The summed E-state index contributed by atoms with van der Waals surface area (Å²) in [7, 11) is 1.53. The normalized spacial score (nSPS) is 22.9. The first-order chi connectivity index (χ1) is 28.2. The second kappa shape index (κ2) is 20.1. The smallest absolute Gasteiger partial charge is 0.246 e. The Morgan fingerprint density at radius 3 is 2.08 bits per heavy atom. The van der Waals surface area contributed by atoms with Crippen LogP contribution < -0.4 is 36.6 Å². The lowest BCUT2D eigenvalue weighted by atomic mass is 9.93. The molecule has 3 heterocycles. The molecule has 0 spiro atoms. The fraction of sp³-hybridized carbons (Fsp3) is 0.500. The van der Waals surface area contributed by atoms with Gasteiger partial charge in [0.1, 0.15) is 36.0 Å². The highest BCUT2D eigenvalue weighted by Crippen LogP contribution is 2.28. The number of H-pyrrole nitrogens is 1. The number of rotatable bonds is 9. The summed E-state index contributed by atoms with van der Waals surface area (Å²) in [5, 5.41) is 27.9. The Balaban J connectivity index is 1.46. The Bertz CT molecular complexity index is 2030. The zero-order valence-corrected chi connectivity index (χ0v) is 34.2. The van der Waals surface area contributed by atoms with Crippen LogP contribution in [0.5, 0.6) is 5.75 Å². The third kappa shape index (κ3) is 11.2. The van der Waals surface area contributed by atoms with Gasteiger partial charge in [-0.3, -0.25) is 33.6 Å². The van der Waals surface area contributed by atoms with E-state index in [1.54, 1.807) is 38.2 Å². The predicted octanol–water partition coefficient (Wildman–Crippen LogP) is 0.505. The number of para-hydroxylation sites is 1. The fourth-order valence-electron chi connectivity index (χ4n) is 7.43. The van der Waals surface area contributed by atoms with E-state index in [9.17, 15) is 38.7 Å². The van der Waals surface area contributed by atoms with E-state index in [0.29, 0.717) is 30.6 Å². The minimum absolute atomic E-state index is 0.0429. The lowest BCUT2D eigenvalue weighted by Gasteiger charge is -2.29. The van der Waals surface area contributed by atoms with Crippen LogP contribution >= 0.6 is 0 Å². The number of hydrogen-bond acceptors (Lipinski definition) is 9. The van der Waals surface area contributed by atoms with Gasteiger partial charge >= 0.3 is 0 Å². The first-order valence-corrected chi connectivity index (χ1v) is 20.1. The number of methoxy groups -OCH3 is 1. The van der Waals surface area contributed by atoms with Crippen LogP contribution in [-0.2, 0) is 46.4 Å². The summed E-state index contributed by atoms with van der Waals surface area (Å²) in [4.78, 5) is 99.4. The van der Waals surface area contributed by atoms with E-state index in [2.05, 4.69) is 50.7 Å². The van der Waals surface area contributed by atoms with Crippen LogP contribution in [0.15, 0.2) is 48.7 Å². The average molecular weight is 817 g/mol. The second-order valence-electron chi connectivity index (χ2n) is 15.6. The maximum absolute atomic E-state index is 14.3.